The van der Waals surface area contributed by atoms with Crippen LogP contribution in [0.2, 0.25) is 0 Å². The molecule has 4 N–H and O–H groups in total. The summed E-state index contributed by atoms with van der Waals surface area (Å²) in [4.78, 5) is 6.62. The standard InChI is InChI=1S/C53H87N3O12/c1-39(57)31-65-43(5)35-61-27-23-55(24-28-62-36-44(6)66-32-40(2)58)51-19-13-48(14-20-51)53(47-11-17-50(18-12-47)54(9)10)49-15-21-52(22-16-49)56(25-29-63-37-45(7)67-33-41(3)59)26-30-64-38-46(8)68-34-42(4)60/h11-22,39-46,53,57-60H,23-38H2,1-10H3. The Kier molecular flexibility index (Phi) is 28.8. The molecule has 8 unspecified atom stereocenters. The van der Waals surface area contributed by atoms with Crippen molar-refractivity contribution in [1.82, 2.24) is 0 Å². The van der Waals surface area contributed by atoms with Gasteiger partial charge in [0.15, 0.2) is 0 Å². The molecule has 386 valence electrons. The summed E-state index contributed by atoms with van der Waals surface area (Å²) in [5, 5.41) is 38.5. The minimum absolute atomic E-state index is 0.0490. The number of aliphatic hydroxyl groups excluding tert-OH is 4. The van der Waals surface area contributed by atoms with E-state index in [1.807, 2.05) is 41.8 Å². The smallest absolute Gasteiger partial charge is 0.0781 e. The van der Waals surface area contributed by atoms with Crippen molar-refractivity contribution in [2.45, 2.75) is 110 Å². The lowest BCUT2D eigenvalue weighted by atomic mass is 9.85. The first-order valence-corrected chi connectivity index (χ1v) is 24.5. The highest BCUT2D eigenvalue weighted by molar-refractivity contribution is 5.56. The van der Waals surface area contributed by atoms with Gasteiger partial charge in [0.1, 0.15) is 0 Å². The van der Waals surface area contributed by atoms with Crippen LogP contribution in [0.25, 0.3) is 0 Å². The van der Waals surface area contributed by atoms with Crippen LogP contribution in [0.15, 0.2) is 72.8 Å². The Labute approximate surface area is 408 Å². The minimum Gasteiger partial charge on any atom is -0.391 e. The SMILES string of the molecule is CC(O)COC(C)COCCN(CCOCC(C)OCC(C)O)c1ccc(C(c2ccc(N(C)C)cc2)c2ccc(N(CCOCC(C)OCC(C)O)CCOCC(C)OCC(C)O)cc2)cc1. The lowest BCUT2D eigenvalue weighted by Gasteiger charge is -2.28. The van der Waals surface area contributed by atoms with Gasteiger partial charge < -0.3 is 73.0 Å². The lowest BCUT2D eigenvalue weighted by molar-refractivity contribution is -0.0371. The molecule has 3 aromatic carbocycles. The van der Waals surface area contributed by atoms with Gasteiger partial charge in [-0.3, -0.25) is 0 Å². The third-order valence-electron chi connectivity index (χ3n) is 10.8. The molecule has 0 aliphatic heterocycles. The van der Waals surface area contributed by atoms with Gasteiger partial charge >= 0.3 is 0 Å². The highest BCUT2D eigenvalue weighted by Crippen LogP contribution is 2.35. The summed E-state index contributed by atoms with van der Waals surface area (Å²) in [5.74, 6) is -0.0490. The molecule has 0 amide bonds. The molecule has 68 heavy (non-hydrogen) atoms. The molecule has 0 radical (unpaired) electrons. The second-order valence-corrected chi connectivity index (χ2v) is 18.3. The van der Waals surface area contributed by atoms with Gasteiger partial charge in [-0.15, -0.1) is 0 Å². The largest absolute Gasteiger partial charge is 0.391 e. The Morgan fingerprint density at radius 1 is 0.353 bits per heavy atom. The number of hydrogen-bond donors (Lipinski definition) is 4. The second kappa shape index (κ2) is 33.2. The van der Waals surface area contributed by atoms with Crippen LogP contribution in [0, 0.1) is 0 Å². The van der Waals surface area contributed by atoms with Crippen molar-refractivity contribution in [2.24, 2.45) is 0 Å². The maximum Gasteiger partial charge on any atom is 0.0781 e. The van der Waals surface area contributed by atoms with Crippen molar-refractivity contribution in [1.29, 1.82) is 0 Å². The molecule has 0 aliphatic rings. The fourth-order valence-corrected chi connectivity index (χ4v) is 7.14. The highest BCUT2D eigenvalue weighted by atomic mass is 16.6. The first kappa shape index (κ1) is 58.9. The number of rotatable bonds is 38. The molecule has 15 nitrogen and oxygen atoms in total. The molecule has 3 aromatic rings. The normalized spacial score (nSPS) is 15.8. The highest BCUT2D eigenvalue weighted by Gasteiger charge is 2.20. The molecule has 0 bridgehead atoms. The number of ether oxygens (including phenoxy) is 8. The summed E-state index contributed by atoms with van der Waals surface area (Å²) in [6.07, 6.45) is -2.69. The van der Waals surface area contributed by atoms with Crippen LogP contribution in [0.4, 0.5) is 17.1 Å². The van der Waals surface area contributed by atoms with E-state index in [2.05, 4.69) is 87.5 Å². The molecular formula is C53H87N3O12. The molecule has 0 spiro atoms. The number of aliphatic hydroxyl groups is 4. The molecular weight excluding hydrogens is 871 g/mol. The summed E-state index contributed by atoms with van der Waals surface area (Å²) in [6, 6.07) is 26.2. The van der Waals surface area contributed by atoms with E-state index in [1.165, 1.54) is 5.56 Å². The van der Waals surface area contributed by atoms with Crippen LogP contribution in [0.1, 0.15) is 78.0 Å². The van der Waals surface area contributed by atoms with Gasteiger partial charge in [-0.1, -0.05) is 36.4 Å². The predicted molar refractivity (Wildman–Crippen MR) is 271 cm³/mol. The van der Waals surface area contributed by atoms with Crippen LogP contribution >= 0.6 is 0 Å². The van der Waals surface area contributed by atoms with Gasteiger partial charge in [0.05, 0.1) is 128 Å². The van der Waals surface area contributed by atoms with Crippen molar-refractivity contribution in [2.75, 3.05) is 134 Å². The molecule has 3 rings (SSSR count). The summed E-state index contributed by atoms with van der Waals surface area (Å²) in [6.45, 7) is 21.8. The Morgan fingerprint density at radius 2 is 0.588 bits per heavy atom. The fourth-order valence-electron chi connectivity index (χ4n) is 7.14. The first-order chi connectivity index (χ1) is 32.5. The Hall–Kier alpha value is -3.42. The molecule has 0 aromatic heterocycles. The second-order valence-electron chi connectivity index (χ2n) is 18.3. The minimum atomic E-state index is -0.531. The number of benzene rings is 3. The summed E-state index contributed by atoms with van der Waals surface area (Å²) < 4.78 is 46.9. The Morgan fingerprint density at radius 3 is 0.809 bits per heavy atom. The molecule has 0 saturated carbocycles. The van der Waals surface area contributed by atoms with Gasteiger partial charge in [0.25, 0.3) is 0 Å². The third kappa shape index (κ3) is 24.4. The van der Waals surface area contributed by atoms with Crippen LogP contribution in [-0.4, -0.2) is 189 Å². The maximum absolute atomic E-state index is 9.61. The van der Waals surface area contributed by atoms with Crippen molar-refractivity contribution < 1.29 is 58.3 Å². The average Bonchev–Trinajstić information content (AvgIpc) is 3.31. The molecule has 8 atom stereocenters. The van der Waals surface area contributed by atoms with Gasteiger partial charge in [-0.05, 0) is 108 Å². The van der Waals surface area contributed by atoms with Crippen LogP contribution < -0.4 is 14.7 Å². The van der Waals surface area contributed by atoms with Crippen LogP contribution in [0.3, 0.4) is 0 Å². The van der Waals surface area contributed by atoms with E-state index in [1.54, 1.807) is 27.7 Å². The average molecular weight is 958 g/mol. The molecule has 0 fully saturated rings. The summed E-state index contributed by atoms with van der Waals surface area (Å²) >= 11 is 0. The Balaban J connectivity index is 1.85. The van der Waals surface area contributed by atoms with E-state index in [9.17, 15) is 20.4 Å². The molecule has 0 aliphatic carbocycles. The van der Waals surface area contributed by atoms with Crippen molar-refractivity contribution in [3.05, 3.63) is 89.5 Å². The topological polar surface area (TPSA) is 164 Å². The van der Waals surface area contributed by atoms with Crippen molar-refractivity contribution in [3.63, 3.8) is 0 Å². The van der Waals surface area contributed by atoms with Crippen molar-refractivity contribution >= 4 is 17.1 Å². The number of anilines is 3. The van der Waals surface area contributed by atoms with Crippen LogP contribution in [-0.2, 0) is 37.9 Å². The van der Waals surface area contributed by atoms with E-state index in [0.29, 0.717) is 79.0 Å². The maximum atomic E-state index is 9.61. The van der Waals surface area contributed by atoms with E-state index in [4.69, 9.17) is 37.9 Å². The zero-order chi connectivity index (χ0) is 49.8. The number of nitrogens with zero attached hydrogens (tertiary/aromatic N) is 3. The van der Waals surface area contributed by atoms with E-state index in [-0.39, 0.29) is 56.8 Å². The van der Waals surface area contributed by atoms with Gasteiger partial charge in [-0.2, -0.15) is 0 Å². The van der Waals surface area contributed by atoms with Crippen molar-refractivity contribution in [3.8, 4) is 0 Å². The summed E-state index contributed by atoms with van der Waals surface area (Å²) in [5.41, 5.74) is 6.69. The lowest BCUT2D eigenvalue weighted by Crippen LogP contribution is -2.33. The van der Waals surface area contributed by atoms with Crippen LogP contribution in [0.5, 0.6) is 0 Å². The van der Waals surface area contributed by atoms with E-state index in [0.717, 1.165) is 28.2 Å². The number of hydrogen-bond acceptors (Lipinski definition) is 15. The zero-order valence-electron chi connectivity index (χ0n) is 42.8. The Bertz CT molecular complexity index is 1550. The fraction of sp³-hybridized carbons (Fsp3) is 0.660. The van der Waals surface area contributed by atoms with E-state index >= 15 is 0 Å². The van der Waals surface area contributed by atoms with E-state index < -0.39 is 24.4 Å². The first-order valence-electron chi connectivity index (χ1n) is 24.5. The molecule has 15 heteroatoms. The van der Waals surface area contributed by atoms with Gasteiger partial charge in [0.2, 0.25) is 0 Å². The predicted octanol–water partition coefficient (Wildman–Crippen LogP) is 5.76. The third-order valence-corrected chi connectivity index (χ3v) is 10.8. The molecule has 0 saturated heterocycles. The zero-order valence-corrected chi connectivity index (χ0v) is 42.8. The summed E-state index contributed by atoms with van der Waals surface area (Å²) in [7, 11) is 4.09. The molecule has 0 heterocycles. The van der Waals surface area contributed by atoms with Gasteiger partial charge in [-0.25, -0.2) is 0 Å². The van der Waals surface area contributed by atoms with Gasteiger partial charge in [0, 0.05) is 63.3 Å². The monoisotopic (exact) mass is 958 g/mol. The quantitative estimate of drug-likeness (QED) is 0.0405.